The van der Waals surface area contributed by atoms with Crippen LogP contribution in [0.2, 0.25) is 0 Å². The molecule has 0 saturated heterocycles. The molecule has 5 heteroatoms. The third-order valence-electron chi connectivity index (χ3n) is 2.73. The van der Waals surface area contributed by atoms with Crippen molar-refractivity contribution < 1.29 is 13.2 Å². The van der Waals surface area contributed by atoms with Crippen molar-refractivity contribution in [2.75, 3.05) is 0 Å². The molecule has 0 fully saturated rings. The van der Waals surface area contributed by atoms with E-state index in [2.05, 4.69) is 4.72 Å². The summed E-state index contributed by atoms with van der Waals surface area (Å²) >= 11 is 0. The van der Waals surface area contributed by atoms with Crippen LogP contribution in [0.3, 0.4) is 0 Å². The molecule has 4 nitrogen and oxygen atoms in total. The lowest BCUT2D eigenvalue weighted by Gasteiger charge is -2.12. The fraction of sp³-hybridized carbons (Fsp3) is 0.417. The van der Waals surface area contributed by atoms with E-state index >= 15 is 0 Å². The summed E-state index contributed by atoms with van der Waals surface area (Å²) in [7, 11) is -3.61. The third-order valence-corrected chi connectivity index (χ3v) is 4.27. The summed E-state index contributed by atoms with van der Waals surface area (Å²) in [5.74, 6) is -0.211. The predicted molar refractivity (Wildman–Crippen MR) is 66.4 cm³/mol. The zero-order chi connectivity index (χ0) is 13.2. The number of sulfonamides is 1. The van der Waals surface area contributed by atoms with Gasteiger partial charge in [0.15, 0.2) is 0 Å². The lowest BCUT2D eigenvalue weighted by atomic mass is 10.1. The SMILES string of the molecule is CC(=O)C(C)NS(=O)(=O)c1ccc(C)c(C)c1. The van der Waals surface area contributed by atoms with Crippen LogP contribution in [0.15, 0.2) is 23.1 Å². The van der Waals surface area contributed by atoms with Gasteiger partial charge in [0.1, 0.15) is 5.78 Å². The number of carbonyl (C=O) groups excluding carboxylic acids is 1. The molecule has 1 unspecified atom stereocenters. The maximum atomic E-state index is 11.9. The van der Waals surface area contributed by atoms with E-state index in [0.29, 0.717) is 0 Å². The molecule has 0 spiro atoms. The van der Waals surface area contributed by atoms with Crippen molar-refractivity contribution in [2.45, 2.75) is 38.6 Å². The van der Waals surface area contributed by atoms with Crippen LogP contribution in [-0.2, 0) is 14.8 Å². The normalized spacial score (nSPS) is 13.4. The van der Waals surface area contributed by atoms with E-state index < -0.39 is 16.1 Å². The van der Waals surface area contributed by atoms with Gasteiger partial charge >= 0.3 is 0 Å². The van der Waals surface area contributed by atoms with Crippen LogP contribution >= 0.6 is 0 Å². The molecule has 1 rings (SSSR count). The molecular formula is C12H17NO3S. The Morgan fingerprint density at radius 2 is 1.82 bits per heavy atom. The third kappa shape index (κ3) is 3.38. The Balaban J connectivity index is 3.05. The maximum absolute atomic E-state index is 11.9. The summed E-state index contributed by atoms with van der Waals surface area (Å²) < 4.78 is 26.2. The van der Waals surface area contributed by atoms with E-state index in [1.807, 2.05) is 13.8 Å². The highest BCUT2D eigenvalue weighted by molar-refractivity contribution is 7.89. The monoisotopic (exact) mass is 255 g/mol. The number of Topliss-reactive ketones (excluding diaryl/α,β-unsaturated/α-hetero) is 1. The van der Waals surface area contributed by atoms with Crippen molar-refractivity contribution in [1.82, 2.24) is 4.72 Å². The van der Waals surface area contributed by atoms with Crippen LogP contribution in [0.4, 0.5) is 0 Å². The average Bonchev–Trinajstić information content (AvgIpc) is 2.21. The first-order chi connectivity index (χ1) is 7.74. The first-order valence-electron chi connectivity index (χ1n) is 5.34. The second-order valence-corrected chi connectivity index (χ2v) is 5.91. The van der Waals surface area contributed by atoms with E-state index in [0.717, 1.165) is 11.1 Å². The van der Waals surface area contributed by atoms with Gasteiger partial charge in [0.05, 0.1) is 10.9 Å². The highest BCUT2D eigenvalue weighted by atomic mass is 32.2. The van der Waals surface area contributed by atoms with Crippen LogP contribution < -0.4 is 4.72 Å². The second-order valence-electron chi connectivity index (χ2n) is 4.20. The molecule has 0 saturated carbocycles. The lowest BCUT2D eigenvalue weighted by molar-refractivity contribution is -0.118. The predicted octanol–water partition coefficient (Wildman–Crippen LogP) is 1.56. The van der Waals surface area contributed by atoms with Gasteiger partial charge in [-0.3, -0.25) is 4.79 Å². The van der Waals surface area contributed by atoms with Crippen LogP contribution in [0.25, 0.3) is 0 Å². The minimum atomic E-state index is -3.61. The number of hydrogen-bond acceptors (Lipinski definition) is 3. The molecule has 1 aromatic rings. The minimum absolute atomic E-state index is 0.189. The van der Waals surface area contributed by atoms with Gasteiger partial charge in [0.25, 0.3) is 0 Å². The first kappa shape index (κ1) is 13.9. The Bertz CT molecular complexity index is 535. The molecule has 0 amide bonds. The average molecular weight is 255 g/mol. The summed E-state index contributed by atoms with van der Waals surface area (Å²) in [5, 5.41) is 0. The molecule has 0 heterocycles. The summed E-state index contributed by atoms with van der Waals surface area (Å²) in [4.78, 5) is 11.2. The smallest absolute Gasteiger partial charge is 0.241 e. The van der Waals surface area contributed by atoms with Gasteiger partial charge in [-0.05, 0) is 51.0 Å². The van der Waals surface area contributed by atoms with Gasteiger partial charge in [-0.15, -0.1) is 0 Å². The molecular weight excluding hydrogens is 238 g/mol. The number of nitrogens with one attached hydrogen (secondary N) is 1. The zero-order valence-electron chi connectivity index (χ0n) is 10.4. The Hall–Kier alpha value is -1.20. The van der Waals surface area contributed by atoms with Gasteiger partial charge in [-0.1, -0.05) is 6.07 Å². The second kappa shape index (κ2) is 4.98. The van der Waals surface area contributed by atoms with Crippen molar-refractivity contribution in [3.63, 3.8) is 0 Å². The van der Waals surface area contributed by atoms with Crippen molar-refractivity contribution in [1.29, 1.82) is 0 Å². The molecule has 1 atom stereocenters. The molecule has 0 bridgehead atoms. The number of carbonyl (C=O) groups is 1. The van der Waals surface area contributed by atoms with Crippen LogP contribution in [-0.4, -0.2) is 20.2 Å². The van der Waals surface area contributed by atoms with E-state index in [9.17, 15) is 13.2 Å². The van der Waals surface area contributed by atoms with Crippen molar-refractivity contribution >= 4 is 15.8 Å². The Kier molecular flexibility index (Phi) is 4.06. The molecule has 0 aromatic heterocycles. The van der Waals surface area contributed by atoms with Crippen molar-refractivity contribution in [2.24, 2.45) is 0 Å². The number of benzene rings is 1. The van der Waals surface area contributed by atoms with Gasteiger partial charge in [-0.2, -0.15) is 0 Å². The lowest BCUT2D eigenvalue weighted by Crippen LogP contribution is -2.37. The summed E-state index contributed by atoms with van der Waals surface area (Å²) in [5.41, 5.74) is 1.94. The van der Waals surface area contributed by atoms with Crippen LogP contribution in [0, 0.1) is 13.8 Å². The molecule has 94 valence electrons. The molecule has 1 N–H and O–H groups in total. The van der Waals surface area contributed by atoms with E-state index in [4.69, 9.17) is 0 Å². The van der Waals surface area contributed by atoms with Gasteiger partial charge < -0.3 is 0 Å². The number of ketones is 1. The molecule has 0 radical (unpaired) electrons. The topological polar surface area (TPSA) is 63.2 Å². The summed E-state index contributed by atoms with van der Waals surface area (Å²) in [6, 6.07) is 4.19. The number of aryl methyl sites for hydroxylation is 2. The fourth-order valence-electron chi connectivity index (χ4n) is 1.26. The fourth-order valence-corrected chi connectivity index (χ4v) is 2.61. The minimum Gasteiger partial charge on any atom is -0.298 e. The molecule has 0 aliphatic rings. The van der Waals surface area contributed by atoms with Gasteiger partial charge in [0, 0.05) is 0 Å². The van der Waals surface area contributed by atoms with Gasteiger partial charge in [0.2, 0.25) is 10.0 Å². The largest absolute Gasteiger partial charge is 0.298 e. The molecule has 0 aliphatic heterocycles. The van der Waals surface area contributed by atoms with E-state index in [1.165, 1.54) is 19.9 Å². The van der Waals surface area contributed by atoms with Gasteiger partial charge in [-0.25, -0.2) is 13.1 Å². The number of rotatable bonds is 4. The maximum Gasteiger partial charge on any atom is 0.241 e. The van der Waals surface area contributed by atoms with Crippen molar-refractivity contribution in [3.8, 4) is 0 Å². The first-order valence-corrected chi connectivity index (χ1v) is 6.82. The van der Waals surface area contributed by atoms with E-state index in [-0.39, 0.29) is 10.7 Å². The van der Waals surface area contributed by atoms with E-state index in [1.54, 1.807) is 12.1 Å². The molecule has 17 heavy (non-hydrogen) atoms. The van der Waals surface area contributed by atoms with Crippen LogP contribution in [0.5, 0.6) is 0 Å². The molecule has 0 aliphatic carbocycles. The quantitative estimate of drug-likeness (QED) is 0.888. The highest BCUT2D eigenvalue weighted by Crippen LogP contribution is 2.14. The summed E-state index contributed by atoms with van der Waals surface area (Å²) in [6.45, 7) is 6.65. The number of hydrogen-bond donors (Lipinski definition) is 1. The zero-order valence-corrected chi connectivity index (χ0v) is 11.3. The summed E-state index contributed by atoms with van der Waals surface area (Å²) in [6.07, 6.45) is 0. The molecule has 1 aromatic carbocycles. The van der Waals surface area contributed by atoms with Crippen LogP contribution in [0.1, 0.15) is 25.0 Å². The standard InChI is InChI=1S/C12H17NO3S/c1-8-5-6-12(7-9(8)2)17(15,16)13-10(3)11(4)14/h5-7,10,13H,1-4H3. The highest BCUT2D eigenvalue weighted by Gasteiger charge is 2.19. The Morgan fingerprint density at radius 3 is 2.29 bits per heavy atom. The Morgan fingerprint density at radius 1 is 1.24 bits per heavy atom. The Labute approximate surface area is 102 Å². The van der Waals surface area contributed by atoms with Crippen molar-refractivity contribution in [3.05, 3.63) is 29.3 Å².